The number of rotatable bonds is 1. The number of anilines is 2. The van der Waals surface area contributed by atoms with Gasteiger partial charge in [-0.1, -0.05) is 18.2 Å². The third kappa shape index (κ3) is 1.70. The molecule has 1 amide bonds. The molecule has 3 nitrogen and oxygen atoms in total. The van der Waals surface area contributed by atoms with Gasteiger partial charge in [0.25, 0.3) is 5.91 Å². The molecule has 19 heavy (non-hydrogen) atoms. The summed E-state index contributed by atoms with van der Waals surface area (Å²) in [5.74, 6) is 0.0380. The van der Waals surface area contributed by atoms with Crippen molar-refractivity contribution in [3.05, 3.63) is 58.7 Å². The molecule has 0 saturated carbocycles. The molecule has 0 bridgehead atoms. The fraction of sp³-hybridized carbons (Fsp3) is 0.188. The van der Waals surface area contributed by atoms with E-state index in [1.54, 1.807) is 0 Å². The van der Waals surface area contributed by atoms with E-state index in [1.807, 2.05) is 42.2 Å². The Morgan fingerprint density at radius 1 is 1.11 bits per heavy atom. The van der Waals surface area contributed by atoms with Gasteiger partial charge in [-0.15, -0.1) is 0 Å². The number of carbonyl (C=O) groups is 1. The van der Waals surface area contributed by atoms with Crippen LogP contribution in [0.5, 0.6) is 0 Å². The standard InChI is InChI=1S/C16H16N2O/c1-10-5-3-8-15(11(10)2)18-9-13-12(16(18)19)6-4-7-14(13)17/h3-8H,9,17H2,1-2H3. The van der Waals surface area contributed by atoms with Gasteiger partial charge in [0.1, 0.15) is 0 Å². The molecule has 0 aromatic heterocycles. The molecule has 1 heterocycles. The van der Waals surface area contributed by atoms with Gasteiger partial charge >= 0.3 is 0 Å². The van der Waals surface area contributed by atoms with Gasteiger partial charge in [-0.3, -0.25) is 4.79 Å². The summed E-state index contributed by atoms with van der Waals surface area (Å²) in [6.45, 7) is 4.66. The molecule has 0 aliphatic carbocycles. The van der Waals surface area contributed by atoms with Gasteiger partial charge in [0.15, 0.2) is 0 Å². The molecule has 0 saturated heterocycles. The van der Waals surface area contributed by atoms with Crippen LogP contribution in [0.2, 0.25) is 0 Å². The maximum Gasteiger partial charge on any atom is 0.259 e. The van der Waals surface area contributed by atoms with Crippen LogP contribution in [-0.2, 0) is 6.54 Å². The van der Waals surface area contributed by atoms with Crippen LogP contribution in [0.3, 0.4) is 0 Å². The number of nitrogens with two attached hydrogens (primary N) is 1. The lowest BCUT2D eigenvalue weighted by atomic mass is 10.1. The molecule has 2 aromatic rings. The van der Waals surface area contributed by atoms with Gasteiger partial charge in [0.05, 0.1) is 6.54 Å². The Morgan fingerprint density at radius 3 is 2.58 bits per heavy atom. The van der Waals surface area contributed by atoms with Crippen LogP contribution in [-0.4, -0.2) is 5.91 Å². The fourth-order valence-corrected chi connectivity index (χ4v) is 2.58. The van der Waals surface area contributed by atoms with Crippen molar-refractivity contribution in [2.45, 2.75) is 20.4 Å². The number of aryl methyl sites for hydroxylation is 1. The van der Waals surface area contributed by atoms with E-state index in [0.717, 1.165) is 22.4 Å². The highest BCUT2D eigenvalue weighted by Crippen LogP contribution is 2.33. The molecule has 1 aliphatic rings. The predicted octanol–water partition coefficient (Wildman–Crippen LogP) is 3.05. The zero-order valence-electron chi connectivity index (χ0n) is 11.1. The molecule has 0 spiro atoms. The molecule has 1 aliphatic heterocycles. The van der Waals surface area contributed by atoms with E-state index < -0.39 is 0 Å². The molecular formula is C16H16N2O. The van der Waals surface area contributed by atoms with Crippen LogP contribution in [0.15, 0.2) is 36.4 Å². The average molecular weight is 252 g/mol. The molecule has 3 heteroatoms. The van der Waals surface area contributed by atoms with Gasteiger partial charge in [0.2, 0.25) is 0 Å². The van der Waals surface area contributed by atoms with Crippen molar-refractivity contribution < 1.29 is 4.79 Å². The number of benzene rings is 2. The molecule has 0 fully saturated rings. The zero-order chi connectivity index (χ0) is 13.6. The molecule has 2 aromatic carbocycles. The van der Waals surface area contributed by atoms with Crippen LogP contribution in [0.25, 0.3) is 0 Å². The van der Waals surface area contributed by atoms with Crippen LogP contribution < -0.4 is 10.6 Å². The van der Waals surface area contributed by atoms with E-state index in [-0.39, 0.29) is 5.91 Å². The summed E-state index contributed by atoms with van der Waals surface area (Å²) >= 11 is 0. The second-order valence-electron chi connectivity index (χ2n) is 4.98. The Hall–Kier alpha value is -2.29. The first-order chi connectivity index (χ1) is 9.09. The molecule has 3 rings (SSSR count). The summed E-state index contributed by atoms with van der Waals surface area (Å²) in [4.78, 5) is 14.3. The summed E-state index contributed by atoms with van der Waals surface area (Å²) in [6, 6.07) is 11.6. The van der Waals surface area contributed by atoms with Crippen LogP contribution >= 0.6 is 0 Å². The van der Waals surface area contributed by atoms with Crippen LogP contribution in [0.1, 0.15) is 27.0 Å². The first-order valence-corrected chi connectivity index (χ1v) is 6.35. The summed E-state index contributed by atoms with van der Waals surface area (Å²) in [7, 11) is 0. The van der Waals surface area contributed by atoms with Gasteiger partial charge in [0, 0.05) is 22.5 Å². The van der Waals surface area contributed by atoms with Crippen molar-refractivity contribution in [1.82, 2.24) is 0 Å². The Kier molecular flexibility index (Phi) is 2.56. The minimum atomic E-state index is 0.0380. The number of hydrogen-bond acceptors (Lipinski definition) is 2. The lowest BCUT2D eigenvalue weighted by molar-refractivity contribution is 0.0996. The molecule has 0 radical (unpaired) electrons. The predicted molar refractivity (Wildman–Crippen MR) is 77.3 cm³/mol. The van der Waals surface area contributed by atoms with E-state index in [1.165, 1.54) is 5.56 Å². The van der Waals surface area contributed by atoms with E-state index >= 15 is 0 Å². The number of hydrogen-bond donors (Lipinski definition) is 1. The molecule has 96 valence electrons. The first kappa shape index (κ1) is 11.8. The first-order valence-electron chi connectivity index (χ1n) is 6.35. The Balaban J connectivity index is 2.09. The highest BCUT2D eigenvalue weighted by Gasteiger charge is 2.30. The number of amides is 1. The van der Waals surface area contributed by atoms with Crippen LogP contribution in [0, 0.1) is 13.8 Å². The van der Waals surface area contributed by atoms with E-state index in [4.69, 9.17) is 5.73 Å². The summed E-state index contributed by atoms with van der Waals surface area (Å²) in [5, 5.41) is 0. The number of carbonyl (C=O) groups excluding carboxylic acids is 1. The summed E-state index contributed by atoms with van der Waals surface area (Å²) in [6.07, 6.45) is 0. The largest absolute Gasteiger partial charge is 0.398 e. The lowest BCUT2D eigenvalue weighted by Crippen LogP contribution is -2.24. The van der Waals surface area contributed by atoms with Crippen molar-refractivity contribution in [1.29, 1.82) is 0 Å². The molecule has 2 N–H and O–H groups in total. The maximum absolute atomic E-state index is 12.5. The van der Waals surface area contributed by atoms with E-state index in [2.05, 4.69) is 13.0 Å². The minimum Gasteiger partial charge on any atom is -0.398 e. The molecular weight excluding hydrogens is 236 g/mol. The SMILES string of the molecule is Cc1cccc(N2Cc3c(N)cccc3C2=O)c1C. The number of nitrogens with zero attached hydrogens (tertiary/aromatic N) is 1. The second kappa shape index (κ2) is 4.12. The monoisotopic (exact) mass is 252 g/mol. The van der Waals surface area contributed by atoms with Crippen molar-refractivity contribution >= 4 is 17.3 Å². The van der Waals surface area contributed by atoms with Gasteiger partial charge in [-0.25, -0.2) is 0 Å². The topological polar surface area (TPSA) is 46.3 Å². The van der Waals surface area contributed by atoms with Gasteiger partial charge < -0.3 is 10.6 Å². The van der Waals surface area contributed by atoms with E-state index in [0.29, 0.717) is 12.2 Å². The Bertz CT molecular complexity index is 676. The maximum atomic E-state index is 12.5. The minimum absolute atomic E-state index is 0.0380. The molecule has 0 unspecified atom stereocenters. The Labute approximate surface area is 112 Å². The van der Waals surface area contributed by atoms with Crippen molar-refractivity contribution in [3.8, 4) is 0 Å². The molecule has 0 atom stereocenters. The van der Waals surface area contributed by atoms with Crippen molar-refractivity contribution in [2.75, 3.05) is 10.6 Å². The van der Waals surface area contributed by atoms with Crippen LogP contribution in [0.4, 0.5) is 11.4 Å². The smallest absolute Gasteiger partial charge is 0.259 e. The Morgan fingerprint density at radius 2 is 1.84 bits per heavy atom. The zero-order valence-corrected chi connectivity index (χ0v) is 11.1. The number of nitrogen functional groups attached to an aromatic ring is 1. The lowest BCUT2D eigenvalue weighted by Gasteiger charge is -2.19. The van der Waals surface area contributed by atoms with Crippen molar-refractivity contribution in [2.24, 2.45) is 0 Å². The summed E-state index contributed by atoms with van der Waals surface area (Å²) < 4.78 is 0. The van der Waals surface area contributed by atoms with Gasteiger partial charge in [-0.05, 0) is 43.2 Å². The third-order valence-corrected chi connectivity index (χ3v) is 3.87. The average Bonchev–Trinajstić information content (AvgIpc) is 2.72. The summed E-state index contributed by atoms with van der Waals surface area (Å²) in [5.41, 5.74) is 11.6. The van der Waals surface area contributed by atoms with E-state index in [9.17, 15) is 4.79 Å². The quantitative estimate of drug-likeness (QED) is 0.793. The third-order valence-electron chi connectivity index (χ3n) is 3.87. The van der Waals surface area contributed by atoms with Crippen molar-refractivity contribution in [3.63, 3.8) is 0 Å². The highest BCUT2D eigenvalue weighted by molar-refractivity contribution is 6.11. The highest BCUT2D eigenvalue weighted by atomic mass is 16.2. The fourth-order valence-electron chi connectivity index (χ4n) is 2.58. The number of fused-ring (bicyclic) bond motifs is 1. The second-order valence-corrected chi connectivity index (χ2v) is 4.98. The normalized spacial score (nSPS) is 13.8. The van der Waals surface area contributed by atoms with Gasteiger partial charge in [-0.2, -0.15) is 0 Å².